The fourth-order valence-electron chi connectivity index (χ4n) is 4.17. The molecule has 2 amide bonds. The zero-order valence-electron chi connectivity index (χ0n) is 16.6. The first-order valence-electron chi connectivity index (χ1n) is 10.1. The highest BCUT2D eigenvalue weighted by Crippen LogP contribution is 2.27. The highest BCUT2D eigenvalue weighted by atomic mass is 19.1. The van der Waals surface area contributed by atoms with Crippen LogP contribution < -0.4 is 5.32 Å². The lowest BCUT2D eigenvalue weighted by atomic mass is 10.0. The number of nitrogens with one attached hydrogen (secondary N) is 1. The van der Waals surface area contributed by atoms with Gasteiger partial charge in [0.1, 0.15) is 5.82 Å². The third-order valence-corrected chi connectivity index (χ3v) is 5.60. The molecule has 0 aliphatic carbocycles. The first-order chi connectivity index (χ1) is 13.5. The van der Waals surface area contributed by atoms with Gasteiger partial charge in [0, 0.05) is 30.4 Å². The third-order valence-electron chi connectivity index (χ3n) is 5.60. The fourth-order valence-corrected chi connectivity index (χ4v) is 4.17. The number of aromatic nitrogens is 2. The molecule has 1 saturated heterocycles. The Balaban J connectivity index is 1.52. The average Bonchev–Trinajstić information content (AvgIpc) is 3.30. The summed E-state index contributed by atoms with van der Waals surface area (Å²) in [5.41, 5.74) is 4.07. The quantitative estimate of drug-likeness (QED) is 0.871. The molecular weight excluding hydrogens is 357 g/mol. The minimum atomic E-state index is -0.358. The second-order valence-electron chi connectivity index (χ2n) is 8.01. The van der Waals surface area contributed by atoms with Gasteiger partial charge < -0.3 is 10.2 Å². The molecule has 0 radical (unpaired) electrons. The minimum absolute atomic E-state index is 0.200. The Morgan fingerprint density at radius 2 is 2.04 bits per heavy atom. The van der Waals surface area contributed by atoms with Crippen LogP contribution in [0.1, 0.15) is 49.7 Å². The van der Waals surface area contributed by atoms with Gasteiger partial charge in [-0.1, -0.05) is 6.07 Å². The number of amides is 2. The molecule has 4 rings (SSSR count). The van der Waals surface area contributed by atoms with E-state index in [1.165, 1.54) is 30.5 Å². The molecule has 0 saturated carbocycles. The zero-order valence-corrected chi connectivity index (χ0v) is 16.6. The van der Waals surface area contributed by atoms with Gasteiger partial charge in [0.2, 0.25) is 0 Å². The lowest BCUT2D eigenvalue weighted by Gasteiger charge is -2.29. The molecule has 2 aromatic rings. The van der Waals surface area contributed by atoms with Crippen molar-refractivity contribution in [3.05, 3.63) is 47.0 Å². The maximum absolute atomic E-state index is 13.4. The van der Waals surface area contributed by atoms with Gasteiger partial charge in [-0.3, -0.25) is 9.58 Å². The van der Waals surface area contributed by atoms with Crippen LogP contribution in [0, 0.1) is 5.82 Å². The van der Waals surface area contributed by atoms with Crippen LogP contribution in [0.15, 0.2) is 24.3 Å². The van der Waals surface area contributed by atoms with Gasteiger partial charge in [-0.25, -0.2) is 9.18 Å². The second kappa shape index (κ2) is 7.91. The lowest BCUT2D eigenvalue weighted by Crippen LogP contribution is -2.39. The summed E-state index contributed by atoms with van der Waals surface area (Å²) in [5.74, 6) is -0.358. The van der Waals surface area contributed by atoms with E-state index in [-0.39, 0.29) is 17.9 Å². The molecule has 1 N–H and O–H groups in total. The number of carbonyl (C=O) groups is 1. The number of nitrogens with zero attached hydrogens (tertiary/aromatic N) is 4. The number of hydrogen-bond donors (Lipinski definition) is 1. The molecule has 6 nitrogen and oxygen atoms in total. The van der Waals surface area contributed by atoms with Crippen molar-refractivity contribution >= 4 is 11.7 Å². The van der Waals surface area contributed by atoms with Crippen LogP contribution in [0.3, 0.4) is 0 Å². The van der Waals surface area contributed by atoms with E-state index in [1.807, 2.05) is 0 Å². The molecule has 3 heterocycles. The van der Waals surface area contributed by atoms with Gasteiger partial charge in [0.15, 0.2) is 0 Å². The zero-order chi connectivity index (χ0) is 19.7. The van der Waals surface area contributed by atoms with E-state index >= 15 is 0 Å². The Labute approximate surface area is 165 Å². The van der Waals surface area contributed by atoms with Crippen molar-refractivity contribution in [2.75, 3.05) is 25.0 Å². The van der Waals surface area contributed by atoms with Gasteiger partial charge in [-0.2, -0.15) is 5.10 Å². The summed E-state index contributed by atoms with van der Waals surface area (Å²) < 4.78 is 15.5. The predicted octanol–water partition coefficient (Wildman–Crippen LogP) is 3.79. The van der Waals surface area contributed by atoms with E-state index in [9.17, 15) is 9.18 Å². The molecular formula is C21H28FN5O. The monoisotopic (exact) mass is 385 g/mol. The van der Waals surface area contributed by atoms with Gasteiger partial charge in [-0.15, -0.1) is 0 Å². The van der Waals surface area contributed by atoms with Gasteiger partial charge in [0.05, 0.1) is 17.9 Å². The van der Waals surface area contributed by atoms with Crippen molar-refractivity contribution in [3.8, 4) is 0 Å². The highest BCUT2D eigenvalue weighted by Gasteiger charge is 2.29. The molecule has 0 spiro atoms. The van der Waals surface area contributed by atoms with Crippen molar-refractivity contribution in [2.45, 2.75) is 52.2 Å². The topological polar surface area (TPSA) is 53.4 Å². The van der Waals surface area contributed by atoms with Crippen molar-refractivity contribution in [2.24, 2.45) is 0 Å². The summed E-state index contributed by atoms with van der Waals surface area (Å²) in [6, 6.07) is 6.04. The fraction of sp³-hybridized carbons (Fsp3) is 0.524. The summed E-state index contributed by atoms with van der Waals surface area (Å²) in [6.45, 7) is 8.61. The van der Waals surface area contributed by atoms with Crippen molar-refractivity contribution in [1.82, 2.24) is 19.6 Å². The number of carbonyl (C=O) groups excluding carboxylic acids is 1. The van der Waals surface area contributed by atoms with Gasteiger partial charge in [-0.05, 0) is 64.4 Å². The lowest BCUT2D eigenvalue weighted by molar-refractivity contribution is 0.203. The Morgan fingerprint density at radius 3 is 2.75 bits per heavy atom. The number of likely N-dealkylation sites (tertiary alicyclic amines) is 1. The average molecular weight is 385 g/mol. The van der Waals surface area contributed by atoms with Crippen LogP contribution >= 0.6 is 0 Å². The highest BCUT2D eigenvalue weighted by molar-refractivity contribution is 5.89. The molecule has 2 aliphatic heterocycles. The molecule has 7 heteroatoms. The molecule has 0 bridgehead atoms. The van der Waals surface area contributed by atoms with Crippen LogP contribution in [0.2, 0.25) is 0 Å². The molecule has 1 aromatic carbocycles. The van der Waals surface area contributed by atoms with Crippen LogP contribution in [0.5, 0.6) is 0 Å². The molecule has 28 heavy (non-hydrogen) atoms. The van der Waals surface area contributed by atoms with Crippen molar-refractivity contribution < 1.29 is 9.18 Å². The van der Waals surface area contributed by atoms with E-state index in [2.05, 4.69) is 28.7 Å². The molecule has 1 aromatic heterocycles. The SMILES string of the molecule is CC(C)n1nc(CN2CCCC2)c2c1CN(C(=O)Nc1cccc(F)c1)CC2. The summed E-state index contributed by atoms with van der Waals surface area (Å²) in [5, 5.41) is 7.72. The summed E-state index contributed by atoms with van der Waals surface area (Å²) >= 11 is 0. The number of hydrogen-bond acceptors (Lipinski definition) is 3. The standard InChI is InChI=1S/C21H28FN5O/c1-15(2)27-20-14-26(21(28)23-17-7-5-6-16(22)12-17)11-8-18(20)19(24-27)13-25-9-3-4-10-25/h5-7,12,15H,3-4,8-11,13-14H2,1-2H3,(H,23,28). The van der Waals surface area contributed by atoms with E-state index in [1.54, 1.807) is 17.0 Å². The number of anilines is 1. The maximum atomic E-state index is 13.4. The Morgan fingerprint density at radius 1 is 1.25 bits per heavy atom. The summed E-state index contributed by atoms with van der Waals surface area (Å²) in [6.07, 6.45) is 3.34. The molecule has 0 atom stereocenters. The molecule has 0 unspecified atom stereocenters. The Hall–Kier alpha value is -2.41. The largest absolute Gasteiger partial charge is 0.322 e. The maximum Gasteiger partial charge on any atom is 0.322 e. The van der Waals surface area contributed by atoms with Crippen molar-refractivity contribution in [3.63, 3.8) is 0 Å². The van der Waals surface area contributed by atoms with E-state index < -0.39 is 0 Å². The third kappa shape index (κ3) is 3.90. The smallest absolute Gasteiger partial charge is 0.318 e. The van der Waals surface area contributed by atoms with Crippen LogP contribution in [-0.4, -0.2) is 45.2 Å². The molecule has 1 fully saturated rings. The summed E-state index contributed by atoms with van der Waals surface area (Å²) in [4.78, 5) is 17.0. The molecule has 2 aliphatic rings. The number of halogens is 1. The van der Waals surface area contributed by atoms with Crippen LogP contribution in [-0.2, 0) is 19.5 Å². The summed E-state index contributed by atoms with van der Waals surface area (Å²) in [7, 11) is 0. The van der Waals surface area contributed by atoms with Crippen LogP contribution in [0.25, 0.3) is 0 Å². The number of urea groups is 1. The van der Waals surface area contributed by atoms with E-state index in [0.717, 1.165) is 37.4 Å². The van der Waals surface area contributed by atoms with E-state index in [4.69, 9.17) is 5.10 Å². The van der Waals surface area contributed by atoms with Crippen LogP contribution in [0.4, 0.5) is 14.9 Å². The molecule has 150 valence electrons. The second-order valence-corrected chi connectivity index (χ2v) is 8.01. The Kier molecular flexibility index (Phi) is 5.35. The Bertz CT molecular complexity index is 856. The number of fused-ring (bicyclic) bond motifs is 1. The van der Waals surface area contributed by atoms with E-state index in [0.29, 0.717) is 18.8 Å². The first-order valence-corrected chi connectivity index (χ1v) is 10.1. The first kappa shape index (κ1) is 18.9. The van der Waals surface area contributed by atoms with Crippen molar-refractivity contribution in [1.29, 1.82) is 0 Å². The minimum Gasteiger partial charge on any atom is -0.318 e. The normalized spacial score (nSPS) is 17.2. The van der Waals surface area contributed by atoms with Gasteiger partial charge in [0.25, 0.3) is 0 Å². The number of benzene rings is 1. The van der Waals surface area contributed by atoms with Gasteiger partial charge >= 0.3 is 6.03 Å². The predicted molar refractivity (Wildman–Crippen MR) is 107 cm³/mol. The number of rotatable bonds is 4.